The molecule has 0 saturated carbocycles. The van der Waals surface area contributed by atoms with Crippen LogP contribution in [0.25, 0.3) is 0 Å². The van der Waals surface area contributed by atoms with Gasteiger partial charge in [0.25, 0.3) is 0 Å². The normalized spacial score (nSPS) is 10.2. The number of carbonyl (C=O) groups is 1. The molecule has 5 heteroatoms. The molecule has 1 aromatic carbocycles. The molecule has 2 rings (SSSR count). The molecule has 0 bridgehead atoms. The highest BCUT2D eigenvalue weighted by molar-refractivity contribution is 7.18. The molecule has 0 spiro atoms. The van der Waals surface area contributed by atoms with Crippen LogP contribution in [0.5, 0.6) is 11.5 Å². The van der Waals surface area contributed by atoms with Gasteiger partial charge in [-0.15, -0.1) is 11.3 Å². The summed E-state index contributed by atoms with van der Waals surface area (Å²) in [5, 5.41) is 0. The first-order valence-corrected chi connectivity index (χ1v) is 6.37. The van der Waals surface area contributed by atoms with Crippen LogP contribution in [0.3, 0.4) is 0 Å². The van der Waals surface area contributed by atoms with Crippen LogP contribution in [-0.2, 0) is 0 Å². The molecule has 3 nitrogen and oxygen atoms in total. The van der Waals surface area contributed by atoms with Gasteiger partial charge in [-0.1, -0.05) is 11.6 Å². The van der Waals surface area contributed by atoms with Gasteiger partial charge in [0.05, 0.1) is 23.4 Å². The molecule has 1 heterocycles. The van der Waals surface area contributed by atoms with E-state index < -0.39 is 0 Å². The summed E-state index contributed by atoms with van der Waals surface area (Å²) >= 11 is 7.08. The van der Waals surface area contributed by atoms with E-state index in [9.17, 15) is 4.79 Å². The Labute approximate surface area is 114 Å². The van der Waals surface area contributed by atoms with E-state index in [1.54, 1.807) is 37.4 Å². The highest BCUT2D eigenvalue weighted by Gasteiger charge is 2.14. The fourth-order valence-corrected chi connectivity index (χ4v) is 2.56. The Hall–Kier alpha value is -1.52. The van der Waals surface area contributed by atoms with Crippen molar-refractivity contribution in [2.24, 2.45) is 0 Å². The smallest absolute Gasteiger partial charge is 0.203 e. The number of carbonyl (C=O) groups excluding carboxylic acids is 1. The Morgan fingerprint density at radius 2 is 1.83 bits per heavy atom. The second-order valence-electron chi connectivity index (χ2n) is 3.50. The fourth-order valence-electron chi connectivity index (χ4n) is 1.56. The van der Waals surface area contributed by atoms with Crippen LogP contribution in [0.15, 0.2) is 30.3 Å². The van der Waals surface area contributed by atoms with Crippen molar-refractivity contribution in [3.8, 4) is 11.5 Å². The highest BCUT2D eigenvalue weighted by Crippen LogP contribution is 2.30. The van der Waals surface area contributed by atoms with Crippen molar-refractivity contribution < 1.29 is 14.3 Å². The summed E-state index contributed by atoms with van der Waals surface area (Å²) in [6.07, 6.45) is 0. The Balaban J connectivity index is 2.36. The Morgan fingerprint density at radius 3 is 2.39 bits per heavy atom. The molecule has 0 aliphatic carbocycles. The number of benzene rings is 1. The van der Waals surface area contributed by atoms with Gasteiger partial charge in [-0.3, -0.25) is 4.79 Å². The molecule has 0 atom stereocenters. The zero-order chi connectivity index (χ0) is 13.1. The summed E-state index contributed by atoms with van der Waals surface area (Å²) in [7, 11) is 3.09. The first-order valence-electron chi connectivity index (χ1n) is 5.17. The van der Waals surface area contributed by atoms with Crippen molar-refractivity contribution in [1.82, 2.24) is 0 Å². The van der Waals surface area contributed by atoms with Gasteiger partial charge in [-0.25, -0.2) is 0 Å². The van der Waals surface area contributed by atoms with Crippen molar-refractivity contribution in [3.05, 3.63) is 45.1 Å². The standard InChI is InChI=1S/C13H11ClO3S/c1-16-9-4-3-8(7-10(9)17-2)13(15)11-5-6-12(14)18-11/h3-7H,1-2H3. The minimum absolute atomic E-state index is 0.0761. The molecule has 0 radical (unpaired) electrons. The summed E-state index contributed by atoms with van der Waals surface area (Å²) in [5.41, 5.74) is 0.547. The third-order valence-corrected chi connectivity index (χ3v) is 3.67. The summed E-state index contributed by atoms with van der Waals surface area (Å²) in [4.78, 5) is 12.8. The zero-order valence-corrected chi connectivity index (χ0v) is 11.5. The first-order chi connectivity index (χ1) is 8.65. The van der Waals surface area contributed by atoms with Crippen LogP contribution in [0.2, 0.25) is 4.34 Å². The minimum Gasteiger partial charge on any atom is -0.493 e. The molecule has 0 fully saturated rings. The number of methoxy groups -OCH3 is 2. The van der Waals surface area contributed by atoms with E-state index in [1.165, 1.54) is 18.4 Å². The predicted octanol–water partition coefficient (Wildman–Crippen LogP) is 3.65. The van der Waals surface area contributed by atoms with Gasteiger partial charge < -0.3 is 9.47 Å². The molecule has 0 saturated heterocycles. The molecular formula is C13H11ClO3S. The van der Waals surface area contributed by atoms with Crippen LogP contribution in [-0.4, -0.2) is 20.0 Å². The molecule has 0 aliphatic rings. The molecule has 1 aromatic heterocycles. The topological polar surface area (TPSA) is 35.5 Å². The average Bonchev–Trinajstić information content (AvgIpc) is 2.83. The van der Waals surface area contributed by atoms with E-state index in [1.807, 2.05) is 0 Å². The van der Waals surface area contributed by atoms with Gasteiger partial charge in [0.15, 0.2) is 11.5 Å². The maximum atomic E-state index is 12.2. The second kappa shape index (κ2) is 5.42. The molecule has 0 N–H and O–H groups in total. The van der Waals surface area contributed by atoms with Crippen LogP contribution in [0.1, 0.15) is 15.2 Å². The first kappa shape index (κ1) is 12.9. The van der Waals surface area contributed by atoms with E-state index >= 15 is 0 Å². The van der Waals surface area contributed by atoms with Crippen molar-refractivity contribution in [3.63, 3.8) is 0 Å². The Morgan fingerprint density at radius 1 is 1.11 bits per heavy atom. The maximum Gasteiger partial charge on any atom is 0.203 e. The number of halogens is 1. The SMILES string of the molecule is COc1ccc(C(=O)c2ccc(Cl)s2)cc1OC. The third-order valence-electron chi connectivity index (χ3n) is 2.44. The third kappa shape index (κ3) is 2.49. The molecule has 0 unspecified atom stereocenters. The molecule has 94 valence electrons. The second-order valence-corrected chi connectivity index (χ2v) is 5.22. The van der Waals surface area contributed by atoms with Crippen molar-refractivity contribution >= 4 is 28.7 Å². The van der Waals surface area contributed by atoms with Gasteiger partial charge >= 0.3 is 0 Å². The van der Waals surface area contributed by atoms with Crippen molar-refractivity contribution in [2.75, 3.05) is 14.2 Å². The van der Waals surface area contributed by atoms with Crippen LogP contribution < -0.4 is 9.47 Å². The quantitative estimate of drug-likeness (QED) is 0.803. The van der Waals surface area contributed by atoms with E-state index in [4.69, 9.17) is 21.1 Å². The molecule has 0 amide bonds. The van der Waals surface area contributed by atoms with Gasteiger partial charge in [0.1, 0.15) is 0 Å². The number of ketones is 1. The number of rotatable bonds is 4. The van der Waals surface area contributed by atoms with E-state index in [0.717, 1.165) is 0 Å². The lowest BCUT2D eigenvalue weighted by molar-refractivity contribution is 0.104. The van der Waals surface area contributed by atoms with Crippen LogP contribution in [0, 0.1) is 0 Å². The lowest BCUT2D eigenvalue weighted by Crippen LogP contribution is -2.00. The van der Waals surface area contributed by atoms with E-state index in [2.05, 4.69) is 0 Å². The summed E-state index contributed by atoms with van der Waals surface area (Å²) < 4.78 is 10.9. The minimum atomic E-state index is -0.0761. The van der Waals surface area contributed by atoms with E-state index in [-0.39, 0.29) is 5.78 Å². The molecule has 0 aliphatic heterocycles. The Kier molecular flexibility index (Phi) is 3.89. The monoisotopic (exact) mass is 282 g/mol. The van der Waals surface area contributed by atoms with Gasteiger partial charge in [0, 0.05) is 5.56 Å². The average molecular weight is 283 g/mol. The largest absolute Gasteiger partial charge is 0.493 e. The van der Waals surface area contributed by atoms with Crippen LogP contribution >= 0.6 is 22.9 Å². The molecular weight excluding hydrogens is 272 g/mol. The van der Waals surface area contributed by atoms with Gasteiger partial charge in [0.2, 0.25) is 5.78 Å². The van der Waals surface area contributed by atoms with Crippen molar-refractivity contribution in [2.45, 2.75) is 0 Å². The Bertz CT molecular complexity index is 577. The summed E-state index contributed by atoms with van der Waals surface area (Å²) in [6.45, 7) is 0. The number of hydrogen-bond acceptors (Lipinski definition) is 4. The number of hydrogen-bond donors (Lipinski definition) is 0. The van der Waals surface area contributed by atoms with Gasteiger partial charge in [-0.05, 0) is 30.3 Å². The zero-order valence-electron chi connectivity index (χ0n) is 9.90. The fraction of sp³-hybridized carbons (Fsp3) is 0.154. The molecule has 2 aromatic rings. The number of ether oxygens (including phenoxy) is 2. The lowest BCUT2D eigenvalue weighted by atomic mass is 10.1. The highest BCUT2D eigenvalue weighted by atomic mass is 35.5. The van der Waals surface area contributed by atoms with Crippen molar-refractivity contribution in [1.29, 1.82) is 0 Å². The summed E-state index contributed by atoms with van der Waals surface area (Å²) in [6, 6.07) is 8.50. The van der Waals surface area contributed by atoms with Gasteiger partial charge in [-0.2, -0.15) is 0 Å². The summed E-state index contributed by atoms with van der Waals surface area (Å²) in [5.74, 6) is 1.05. The lowest BCUT2D eigenvalue weighted by Gasteiger charge is -2.08. The predicted molar refractivity (Wildman–Crippen MR) is 72.3 cm³/mol. The molecule has 18 heavy (non-hydrogen) atoms. The van der Waals surface area contributed by atoms with Crippen LogP contribution in [0.4, 0.5) is 0 Å². The van der Waals surface area contributed by atoms with E-state index in [0.29, 0.717) is 26.3 Å². The number of thiophene rings is 1. The maximum absolute atomic E-state index is 12.2.